The zero-order valence-electron chi connectivity index (χ0n) is 14.8. The van der Waals surface area contributed by atoms with Crippen LogP contribution in [-0.4, -0.2) is 64.9 Å². The first-order valence-electron chi connectivity index (χ1n) is 8.31. The highest BCUT2D eigenvalue weighted by Crippen LogP contribution is 2.09. The zero-order chi connectivity index (χ0) is 18.6. The Bertz CT molecular complexity index is 393. The maximum atomic E-state index is 11.5. The molecular weight excluding hydrogens is 316 g/mol. The van der Waals surface area contributed by atoms with Gasteiger partial charge in [0.05, 0.1) is 6.61 Å². The second kappa shape index (κ2) is 11.7. The first-order valence-corrected chi connectivity index (χ1v) is 8.31. The summed E-state index contributed by atoms with van der Waals surface area (Å²) in [5, 5.41) is 17.7. The lowest BCUT2D eigenvalue weighted by molar-refractivity contribution is -0.159. The van der Waals surface area contributed by atoms with Gasteiger partial charge < -0.3 is 25.2 Å². The molecule has 1 fully saturated rings. The van der Waals surface area contributed by atoms with Crippen LogP contribution in [0.4, 0.5) is 4.79 Å². The molecule has 0 bridgehead atoms. The van der Waals surface area contributed by atoms with E-state index in [0.29, 0.717) is 6.61 Å². The fraction of sp³-hybridized carbons (Fsp3) is 0.812. The SMILES string of the molecule is CCC(C)(C)NC(=O)OCCCN1CCCCC1.O=C(O)C(=O)O. The molecule has 3 N–H and O–H groups in total. The smallest absolute Gasteiger partial charge is 0.414 e. The minimum Gasteiger partial charge on any atom is -0.473 e. The van der Waals surface area contributed by atoms with Gasteiger partial charge in [-0.2, -0.15) is 0 Å². The van der Waals surface area contributed by atoms with Gasteiger partial charge in [0, 0.05) is 12.1 Å². The Morgan fingerprint density at radius 3 is 2.08 bits per heavy atom. The normalized spacial score (nSPS) is 15.0. The molecule has 0 aliphatic carbocycles. The Kier molecular flexibility index (Phi) is 10.8. The zero-order valence-corrected chi connectivity index (χ0v) is 14.8. The van der Waals surface area contributed by atoms with Crippen LogP contribution in [0.1, 0.15) is 52.9 Å². The van der Waals surface area contributed by atoms with Crippen molar-refractivity contribution < 1.29 is 29.3 Å². The number of aliphatic carboxylic acids is 2. The molecule has 0 unspecified atom stereocenters. The number of likely N-dealkylation sites (tertiary alicyclic amines) is 1. The van der Waals surface area contributed by atoms with Crippen molar-refractivity contribution in [2.45, 2.75) is 58.4 Å². The van der Waals surface area contributed by atoms with Crippen LogP contribution in [0.3, 0.4) is 0 Å². The Morgan fingerprint density at radius 1 is 1.08 bits per heavy atom. The first-order chi connectivity index (χ1) is 11.2. The Labute approximate surface area is 143 Å². The van der Waals surface area contributed by atoms with Gasteiger partial charge in [0.25, 0.3) is 0 Å². The van der Waals surface area contributed by atoms with Gasteiger partial charge in [0.15, 0.2) is 0 Å². The van der Waals surface area contributed by atoms with Crippen LogP contribution in [0.5, 0.6) is 0 Å². The van der Waals surface area contributed by atoms with E-state index in [4.69, 9.17) is 24.5 Å². The molecule has 1 rings (SSSR count). The summed E-state index contributed by atoms with van der Waals surface area (Å²) in [6.07, 6.45) is 5.52. The van der Waals surface area contributed by atoms with Crippen LogP contribution in [0, 0.1) is 0 Å². The second-order valence-electron chi connectivity index (χ2n) is 6.36. The summed E-state index contributed by atoms with van der Waals surface area (Å²) in [6.45, 7) is 10.0. The monoisotopic (exact) mass is 346 g/mol. The van der Waals surface area contributed by atoms with Crippen molar-refractivity contribution in [1.82, 2.24) is 10.2 Å². The fourth-order valence-corrected chi connectivity index (χ4v) is 2.04. The van der Waals surface area contributed by atoms with Gasteiger partial charge in [-0.05, 0) is 52.6 Å². The fourth-order valence-electron chi connectivity index (χ4n) is 2.04. The average molecular weight is 346 g/mol. The van der Waals surface area contributed by atoms with Gasteiger partial charge in [0.1, 0.15) is 0 Å². The number of amides is 1. The first kappa shape index (κ1) is 22.2. The van der Waals surface area contributed by atoms with Gasteiger partial charge >= 0.3 is 18.0 Å². The Morgan fingerprint density at radius 2 is 1.62 bits per heavy atom. The van der Waals surface area contributed by atoms with Crippen molar-refractivity contribution in [2.24, 2.45) is 0 Å². The van der Waals surface area contributed by atoms with E-state index in [9.17, 15) is 4.79 Å². The van der Waals surface area contributed by atoms with Crippen LogP contribution in [0.25, 0.3) is 0 Å². The maximum absolute atomic E-state index is 11.5. The molecule has 1 heterocycles. The highest BCUT2D eigenvalue weighted by molar-refractivity contribution is 6.27. The number of carbonyl (C=O) groups is 3. The predicted octanol–water partition coefficient (Wildman–Crippen LogP) is 1.93. The van der Waals surface area contributed by atoms with E-state index in [1.807, 2.05) is 13.8 Å². The van der Waals surface area contributed by atoms with Crippen LogP contribution < -0.4 is 5.32 Å². The number of nitrogens with zero attached hydrogens (tertiary/aromatic N) is 1. The molecule has 0 atom stereocenters. The molecule has 0 spiro atoms. The van der Waals surface area contributed by atoms with E-state index in [0.717, 1.165) is 19.4 Å². The molecule has 1 aliphatic rings. The largest absolute Gasteiger partial charge is 0.473 e. The third-order valence-corrected chi connectivity index (χ3v) is 3.81. The predicted molar refractivity (Wildman–Crippen MR) is 89.0 cm³/mol. The number of hydrogen-bond donors (Lipinski definition) is 3. The molecule has 1 aliphatic heterocycles. The summed E-state index contributed by atoms with van der Waals surface area (Å²) in [4.78, 5) is 32.2. The number of carboxylic acids is 2. The molecule has 0 aromatic carbocycles. The molecule has 0 aromatic rings. The van der Waals surface area contributed by atoms with Crippen LogP contribution in [-0.2, 0) is 14.3 Å². The quantitative estimate of drug-likeness (QED) is 0.497. The topological polar surface area (TPSA) is 116 Å². The second-order valence-corrected chi connectivity index (χ2v) is 6.36. The van der Waals surface area contributed by atoms with Crippen molar-refractivity contribution in [3.63, 3.8) is 0 Å². The molecule has 8 heteroatoms. The van der Waals surface area contributed by atoms with Gasteiger partial charge in [0.2, 0.25) is 0 Å². The molecule has 0 radical (unpaired) electrons. The van der Waals surface area contributed by atoms with Gasteiger partial charge in [-0.3, -0.25) is 0 Å². The number of alkyl carbamates (subject to hydrolysis) is 1. The molecule has 1 amide bonds. The molecule has 0 saturated carbocycles. The van der Waals surface area contributed by atoms with Gasteiger partial charge in [-0.25, -0.2) is 14.4 Å². The third kappa shape index (κ3) is 11.7. The molecular formula is C16H30N2O6. The molecule has 1 saturated heterocycles. The minimum absolute atomic E-state index is 0.177. The van der Waals surface area contributed by atoms with E-state index in [1.54, 1.807) is 0 Å². The minimum atomic E-state index is -1.82. The highest BCUT2D eigenvalue weighted by atomic mass is 16.5. The number of nitrogens with one attached hydrogen (secondary N) is 1. The number of piperidine rings is 1. The maximum Gasteiger partial charge on any atom is 0.414 e. The van der Waals surface area contributed by atoms with Crippen molar-refractivity contribution in [3.8, 4) is 0 Å². The number of rotatable bonds is 6. The van der Waals surface area contributed by atoms with E-state index >= 15 is 0 Å². The lowest BCUT2D eigenvalue weighted by Crippen LogP contribution is -2.43. The van der Waals surface area contributed by atoms with Crippen molar-refractivity contribution in [1.29, 1.82) is 0 Å². The summed E-state index contributed by atoms with van der Waals surface area (Å²) < 4.78 is 5.19. The van der Waals surface area contributed by atoms with Crippen molar-refractivity contribution >= 4 is 18.0 Å². The molecule has 140 valence electrons. The number of carboxylic acid groups (broad SMARTS) is 2. The lowest BCUT2D eigenvalue weighted by Gasteiger charge is -2.26. The van der Waals surface area contributed by atoms with Crippen LogP contribution in [0.15, 0.2) is 0 Å². The van der Waals surface area contributed by atoms with E-state index in [-0.39, 0.29) is 11.6 Å². The summed E-state index contributed by atoms with van der Waals surface area (Å²) in [5.74, 6) is -3.65. The summed E-state index contributed by atoms with van der Waals surface area (Å²) >= 11 is 0. The summed E-state index contributed by atoms with van der Waals surface area (Å²) in [6, 6.07) is 0. The van der Waals surface area contributed by atoms with Crippen LogP contribution >= 0.6 is 0 Å². The van der Waals surface area contributed by atoms with Crippen LogP contribution in [0.2, 0.25) is 0 Å². The van der Waals surface area contributed by atoms with E-state index < -0.39 is 11.9 Å². The number of hydrogen-bond acceptors (Lipinski definition) is 5. The standard InChI is InChI=1S/C14H28N2O2.C2H2O4/c1-4-14(2,3)15-13(17)18-12-8-11-16-9-6-5-7-10-16;3-1(4)2(5)6/h4-12H2,1-3H3,(H,15,17);(H,3,4)(H,5,6). The van der Waals surface area contributed by atoms with E-state index in [1.165, 1.54) is 32.4 Å². The van der Waals surface area contributed by atoms with Crippen molar-refractivity contribution in [3.05, 3.63) is 0 Å². The summed E-state index contributed by atoms with van der Waals surface area (Å²) in [7, 11) is 0. The number of ether oxygens (including phenoxy) is 1. The summed E-state index contributed by atoms with van der Waals surface area (Å²) in [5.41, 5.74) is -0.177. The average Bonchev–Trinajstić information content (AvgIpc) is 2.52. The molecule has 8 nitrogen and oxygen atoms in total. The number of carbonyl (C=O) groups excluding carboxylic acids is 1. The van der Waals surface area contributed by atoms with Gasteiger partial charge in [-0.15, -0.1) is 0 Å². The van der Waals surface area contributed by atoms with E-state index in [2.05, 4.69) is 17.1 Å². The lowest BCUT2D eigenvalue weighted by atomic mass is 10.0. The molecule has 0 aromatic heterocycles. The Balaban J connectivity index is 0.000000754. The van der Waals surface area contributed by atoms with Crippen molar-refractivity contribution in [2.75, 3.05) is 26.2 Å². The Hall–Kier alpha value is -1.83. The third-order valence-electron chi connectivity index (χ3n) is 3.81. The van der Waals surface area contributed by atoms with Gasteiger partial charge in [-0.1, -0.05) is 13.3 Å². The highest BCUT2D eigenvalue weighted by Gasteiger charge is 2.18. The molecule has 24 heavy (non-hydrogen) atoms.